The summed E-state index contributed by atoms with van der Waals surface area (Å²) in [6, 6.07) is 5.78. The van der Waals surface area contributed by atoms with Gasteiger partial charge in [-0.25, -0.2) is 4.39 Å². The number of aromatic nitrogens is 2. The van der Waals surface area contributed by atoms with Gasteiger partial charge in [-0.3, -0.25) is 9.48 Å². The molecule has 0 saturated carbocycles. The molecule has 0 aliphatic heterocycles. The maximum Gasteiger partial charge on any atom is 0.261 e. The van der Waals surface area contributed by atoms with Crippen molar-refractivity contribution in [3.8, 4) is 0 Å². The van der Waals surface area contributed by atoms with Crippen molar-refractivity contribution >= 4 is 23.3 Å². The number of aryl methyl sites for hydroxylation is 2. The first kappa shape index (κ1) is 12.6. The van der Waals surface area contributed by atoms with Crippen LogP contribution in [0.3, 0.4) is 0 Å². The number of carbonyl (C=O) groups excluding carboxylic acids is 1. The van der Waals surface area contributed by atoms with E-state index < -0.39 is 11.7 Å². The van der Waals surface area contributed by atoms with E-state index >= 15 is 0 Å². The quantitative estimate of drug-likeness (QED) is 0.909. The average Bonchev–Trinajstić information content (AvgIpc) is 2.57. The molecule has 0 bridgehead atoms. The fourth-order valence-corrected chi connectivity index (χ4v) is 1.76. The summed E-state index contributed by atoms with van der Waals surface area (Å²) in [6.45, 7) is 1.85. The van der Waals surface area contributed by atoms with E-state index in [9.17, 15) is 9.18 Å². The fraction of sp³-hybridized carbons (Fsp3) is 0.167. The zero-order chi connectivity index (χ0) is 13.3. The first-order valence-corrected chi connectivity index (χ1v) is 5.63. The zero-order valence-corrected chi connectivity index (χ0v) is 10.6. The molecule has 0 spiro atoms. The van der Waals surface area contributed by atoms with E-state index in [1.165, 1.54) is 18.2 Å². The highest BCUT2D eigenvalue weighted by atomic mass is 35.5. The Morgan fingerprint density at radius 2 is 2.22 bits per heavy atom. The summed E-state index contributed by atoms with van der Waals surface area (Å²) < 4.78 is 15.1. The number of halogens is 2. The standard InChI is InChI=1S/C12H11ClFN3O/c1-7-6-10(16-17(7)2)15-12(18)11-8(13)4-3-5-9(11)14/h3-6H,1-2H3,(H,15,16,18). The average molecular weight is 268 g/mol. The maximum absolute atomic E-state index is 13.5. The number of hydrogen-bond acceptors (Lipinski definition) is 2. The van der Waals surface area contributed by atoms with Crippen molar-refractivity contribution < 1.29 is 9.18 Å². The first-order chi connectivity index (χ1) is 8.49. The van der Waals surface area contributed by atoms with Crippen molar-refractivity contribution in [1.29, 1.82) is 0 Å². The first-order valence-electron chi connectivity index (χ1n) is 5.25. The SMILES string of the molecule is Cc1cc(NC(=O)c2c(F)cccc2Cl)nn1C. The third-order valence-corrected chi connectivity index (χ3v) is 2.86. The number of anilines is 1. The molecule has 0 atom stereocenters. The van der Waals surface area contributed by atoms with Gasteiger partial charge in [0.05, 0.1) is 10.6 Å². The van der Waals surface area contributed by atoms with E-state index in [1.807, 2.05) is 6.92 Å². The largest absolute Gasteiger partial charge is 0.305 e. The van der Waals surface area contributed by atoms with E-state index in [0.717, 1.165) is 5.69 Å². The number of rotatable bonds is 2. The number of carbonyl (C=O) groups is 1. The summed E-state index contributed by atoms with van der Waals surface area (Å²) >= 11 is 5.80. The van der Waals surface area contributed by atoms with Gasteiger partial charge in [0.25, 0.3) is 5.91 Å². The van der Waals surface area contributed by atoms with Crippen LogP contribution in [0.25, 0.3) is 0 Å². The molecule has 94 valence electrons. The molecule has 0 radical (unpaired) electrons. The minimum absolute atomic E-state index is 0.0696. The fourth-order valence-electron chi connectivity index (χ4n) is 1.52. The summed E-state index contributed by atoms with van der Waals surface area (Å²) in [5.41, 5.74) is 0.701. The number of nitrogens with one attached hydrogen (secondary N) is 1. The van der Waals surface area contributed by atoms with Crippen molar-refractivity contribution in [3.05, 3.63) is 46.4 Å². The highest BCUT2D eigenvalue weighted by molar-refractivity contribution is 6.34. The maximum atomic E-state index is 13.5. The summed E-state index contributed by atoms with van der Waals surface area (Å²) in [4.78, 5) is 11.9. The summed E-state index contributed by atoms with van der Waals surface area (Å²) in [7, 11) is 1.75. The van der Waals surface area contributed by atoms with Gasteiger partial charge in [-0.05, 0) is 19.1 Å². The molecule has 0 aliphatic rings. The Morgan fingerprint density at radius 3 is 2.78 bits per heavy atom. The van der Waals surface area contributed by atoms with Gasteiger partial charge >= 0.3 is 0 Å². The lowest BCUT2D eigenvalue weighted by molar-refractivity contribution is 0.102. The van der Waals surface area contributed by atoms with Crippen LogP contribution in [0.1, 0.15) is 16.1 Å². The van der Waals surface area contributed by atoms with Crippen LogP contribution in [0.4, 0.5) is 10.2 Å². The van der Waals surface area contributed by atoms with Crippen molar-refractivity contribution in [1.82, 2.24) is 9.78 Å². The molecular weight excluding hydrogens is 257 g/mol. The Kier molecular flexibility index (Phi) is 3.34. The van der Waals surface area contributed by atoms with Crippen LogP contribution < -0.4 is 5.32 Å². The van der Waals surface area contributed by atoms with Gasteiger partial charge in [0.2, 0.25) is 0 Å². The van der Waals surface area contributed by atoms with Gasteiger partial charge in [0.15, 0.2) is 5.82 Å². The molecule has 2 aromatic rings. The molecule has 1 aromatic carbocycles. The zero-order valence-electron chi connectivity index (χ0n) is 9.87. The van der Waals surface area contributed by atoms with Gasteiger partial charge in [0.1, 0.15) is 5.82 Å². The number of nitrogens with zero attached hydrogens (tertiary/aromatic N) is 2. The van der Waals surface area contributed by atoms with E-state index in [0.29, 0.717) is 5.82 Å². The Bertz CT molecular complexity index is 570. The lowest BCUT2D eigenvalue weighted by Gasteiger charge is -2.05. The predicted octanol–water partition coefficient (Wildman–Crippen LogP) is 2.77. The van der Waals surface area contributed by atoms with Gasteiger partial charge < -0.3 is 5.32 Å². The Hall–Kier alpha value is -1.88. The van der Waals surface area contributed by atoms with E-state index in [2.05, 4.69) is 10.4 Å². The number of amides is 1. The van der Waals surface area contributed by atoms with Crippen LogP contribution in [0.15, 0.2) is 24.3 Å². The smallest absolute Gasteiger partial charge is 0.261 e. The summed E-state index contributed by atoms with van der Waals surface area (Å²) in [6.07, 6.45) is 0. The Morgan fingerprint density at radius 1 is 1.50 bits per heavy atom. The molecule has 4 nitrogen and oxygen atoms in total. The van der Waals surface area contributed by atoms with Gasteiger partial charge in [0, 0.05) is 18.8 Å². The summed E-state index contributed by atoms with van der Waals surface area (Å²) in [5.74, 6) is -0.914. The van der Waals surface area contributed by atoms with Gasteiger partial charge in [-0.2, -0.15) is 5.10 Å². The topological polar surface area (TPSA) is 46.9 Å². The third kappa shape index (κ3) is 2.36. The molecule has 0 fully saturated rings. The van der Waals surface area contributed by atoms with Crippen molar-refractivity contribution in [2.75, 3.05) is 5.32 Å². The second-order valence-electron chi connectivity index (χ2n) is 3.85. The van der Waals surface area contributed by atoms with Crippen LogP contribution in [0, 0.1) is 12.7 Å². The van der Waals surface area contributed by atoms with E-state index in [1.54, 1.807) is 17.8 Å². The summed E-state index contributed by atoms with van der Waals surface area (Å²) in [5, 5.41) is 6.63. The molecule has 1 heterocycles. The molecular formula is C12H11ClFN3O. The third-order valence-electron chi connectivity index (χ3n) is 2.55. The molecule has 0 saturated heterocycles. The second kappa shape index (κ2) is 4.78. The molecule has 1 aromatic heterocycles. The van der Waals surface area contributed by atoms with Crippen LogP contribution >= 0.6 is 11.6 Å². The second-order valence-corrected chi connectivity index (χ2v) is 4.25. The van der Waals surface area contributed by atoms with Crippen molar-refractivity contribution in [2.24, 2.45) is 7.05 Å². The molecule has 18 heavy (non-hydrogen) atoms. The van der Waals surface area contributed by atoms with Crippen LogP contribution in [0.5, 0.6) is 0 Å². The molecule has 1 amide bonds. The van der Waals surface area contributed by atoms with E-state index in [4.69, 9.17) is 11.6 Å². The van der Waals surface area contributed by atoms with Crippen LogP contribution in [-0.2, 0) is 7.05 Å². The van der Waals surface area contributed by atoms with E-state index in [-0.39, 0.29) is 10.6 Å². The number of benzene rings is 1. The van der Waals surface area contributed by atoms with Crippen LogP contribution in [0.2, 0.25) is 5.02 Å². The van der Waals surface area contributed by atoms with Gasteiger partial charge in [-0.15, -0.1) is 0 Å². The monoisotopic (exact) mass is 267 g/mol. The molecule has 0 unspecified atom stereocenters. The minimum Gasteiger partial charge on any atom is -0.305 e. The molecule has 1 N–H and O–H groups in total. The van der Waals surface area contributed by atoms with Gasteiger partial charge in [-0.1, -0.05) is 17.7 Å². The minimum atomic E-state index is -0.660. The normalized spacial score (nSPS) is 10.4. The van der Waals surface area contributed by atoms with Crippen molar-refractivity contribution in [2.45, 2.75) is 6.92 Å². The molecule has 0 aliphatic carbocycles. The lowest BCUT2D eigenvalue weighted by Crippen LogP contribution is -2.15. The van der Waals surface area contributed by atoms with Crippen molar-refractivity contribution in [3.63, 3.8) is 0 Å². The highest BCUT2D eigenvalue weighted by Gasteiger charge is 2.16. The van der Waals surface area contributed by atoms with Crippen LogP contribution in [-0.4, -0.2) is 15.7 Å². The predicted molar refractivity (Wildman–Crippen MR) is 67.3 cm³/mol. The molecule has 2 rings (SSSR count). The number of hydrogen-bond donors (Lipinski definition) is 1. The Labute approximate surface area is 108 Å². The Balaban J connectivity index is 2.27. The lowest BCUT2D eigenvalue weighted by atomic mass is 10.2. The molecule has 6 heteroatoms. The highest BCUT2D eigenvalue weighted by Crippen LogP contribution is 2.20.